The van der Waals surface area contributed by atoms with Crippen molar-refractivity contribution < 1.29 is 24.5 Å². The summed E-state index contributed by atoms with van der Waals surface area (Å²) in [5.41, 5.74) is -1.92. The van der Waals surface area contributed by atoms with Crippen LogP contribution in [0.5, 0.6) is 0 Å². The van der Waals surface area contributed by atoms with E-state index in [9.17, 15) is 19.8 Å². The van der Waals surface area contributed by atoms with E-state index in [0.717, 1.165) is 0 Å². The molecule has 5 heteroatoms. The first-order valence-corrected chi connectivity index (χ1v) is 7.09. The van der Waals surface area contributed by atoms with E-state index in [2.05, 4.69) is 0 Å². The summed E-state index contributed by atoms with van der Waals surface area (Å²) in [5, 5.41) is 21.2. The van der Waals surface area contributed by atoms with Crippen LogP contribution in [0.4, 0.5) is 0 Å². The molecule has 110 valence electrons. The Morgan fingerprint density at radius 2 is 1.85 bits per heavy atom. The van der Waals surface area contributed by atoms with E-state index in [0.29, 0.717) is 18.4 Å². The number of esters is 1. The predicted molar refractivity (Wildman–Crippen MR) is 69.7 cm³/mol. The number of carbonyl (C=O) groups excluding carboxylic acids is 2. The van der Waals surface area contributed by atoms with Crippen LogP contribution >= 0.6 is 0 Å². The zero-order valence-electron chi connectivity index (χ0n) is 12.0. The average molecular weight is 280 g/mol. The first-order valence-electron chi connectivity index (χ1n) is 7.09. The number of aliphatic hydroxyl groups is 2. The van der Waals surface area contributed by atoms with Gasteiger partial charge in [-0.3, -0.25) is 9.59 Å². The molecule has 5 atom stereocenters. The quantitative estimate of drug-likeness (QED) is 0.639. The van der Waals surface area contributed by atoms with Gasteiger partial charge in [0.2, 0.25) is 0 Å². The Balaban J connectivity index is 2.19. The van der Waals surface area contributed by atoms with Gasteiger partial charge >= 0.3 is 5.97 Å². The molecule has 1 fully saturated rings. The highest BCUT2D eigenvalue weighted by Crippen LogP contribution is 2.50. The molecule has 3 rings (SSSR count). The minimum Gasteiger partial charge on any atom is -0.457 e. The Morgan fingerprint density at radius 1 is 1.20 bits per heavy atom. The topological polar surface area (TPSA) is 83.8 Å². The third kappa shape index (κ3) is 1.69. The second-order valence-electron chi connectivity index (χ2n) is 6.79. The minimum atomic E-state index is -1.34. The number of carbonyl (C=O) groups is 2. The number of hydrogen-bond donors (Lipinski definition) is 2. The van der Waals surface area contributed by atoms with Crippen molar-refractivity contribution >= 4 is 11.8 Å². The van der Waals surface area contributed by atoms with Crippen LogP contribution in [0.25, 0.3) is 0 Å². The second kappa shape index (κ2) is 3.92. The van der Waals surface area contributed by atoms with Crippen LogP contribution in [-0.2, 0) is 14.3 Å². The standard InChI is InChI=1S/C15H20O5/c1-7-8-4-5-14(2,18)10-9(16)6-15(3,19)11(10)12(8)20-13(7)17/h7-8,12,18-19H,4-6H2,1-3H3. The molecular weight excluding hydrogens is 260 g/mol. The molecular formula is C15H20O5. The summed E-state index contributed by atoms with van der Waals surface area (Å²) in [6.45, 7) is 4.97. The van der Waals surface area contributed by atoms with E-state index in [1.807, 2.05) is 0 Å². The number of ether oxygens (including phenoxy) is 1. The van der Waals surface area contributed by atoms with Gasteiger partial charge in [-0.1, -0.05) is 6.92 Å². The Kier molecular flexibility index (Phi) is 2.70. The van der Waals surface area contributed by atoms with Gasteiger partial charge in [0.1, 0.15) is 6.10 Å². The zero-order valence-corrected chi connectivity index (χ0v) is 12.0. The van der Waals surface area contributed by atoms with Gasteiger partial charge in [0.25, 0.3) is 0 Å². The molecule has 0 saturated carbocycles. The molecule has 5 unspecified atom stereocenters. The lowest BCUT2D eigenvalue weighted by Gasteiger charge is -2.27. The molecule has 2 aliphatic carbocycles. The highest BCUT2D eigenvalue weighted by Gasteiger charge is 2.57. The summed E-state index contributed by atoms with van der Waals surface area (Å²) in [4.78, 5) is 24.0. The van der Waals surface area contributed by atoms with Crippen molar-refractivity contribution in [2.45, 2.75) is 57.3 Å². The van der Waals surface area contributed by atoms with Gasteiger partial charge in [-0.2, -0.15) is 0 Å². The van der Waals surface area contributed by atoms with Crippen molar-refractivity contribution in [2.75, 3.05) is 0 Å². The molecule has 0 spiro atoms. The summed E-state index contributed by atoms with van der Waals surface area (Å²) in [6.07, 6.45) is 0.364. The van der Waals surface area contributed by atoms with Crippen LogP contribution < -0.4 is 0 Å². The van der Waals surface area contributed by atoms with Gasteiger partial charge in [-0.05, 0) is 26.7 Å². The van der Waals surface area contributed by atoms with Crippen molar-refractivity contribution in [3.05, 3.63) is 11.1 Å². The summed E-state index contributed by atoms with van der Waals surface area (Å²) in [5.74, 6) is -0.886. The predicted octanol–water partition coefficient (Wildman–Crippen LogP) is 0.729. The molecule has 0 aromatic carbocycles. The van der Waals surface area contributed by atoms with Crippen LogP contribution in [-0.4, -0.2) is 39.3 Å². The van der Waals surface area contributed by atoms with Crippen LogP contribution in [0.1, 0.15) is 40.0 Å². The zero-order chi connectivity index (χ0) is 14.9. The summed E-state index contributed by atoms with van der Waals surface area (Å²) in [6, 6.07) is 0. The monoisotopic (exact) mass is 280 g/mol. The molecule has 5 nitrogen and oxygen atoms in total. The molecule has 3 aliphatic rings. The largest absolute Gasteiger partial charge is 0.457 e. The maximum Gasteiger partial charge on any atom is 0.309 e. The molecule has 0 amide bonds. The van der Waals surface area contributed by atoms with Crippen LogP contribution in [0.15, 0.2) is 11.1 Å². The van der Waals surface area contributed by atoms with Crippen LogP contribution in [0.2, 0.25) is 0 Å². The van der Waals surface area contributed by atoms with E-state index in [1.54, 1.807) is 20.8 Å². The summed E-state index contributed by atoms with van der Waals surface area (Å²) in [7, 11) is 0. The van der Waals surface area contributed by atoms with Gasteiger partial charge in [-0.25, -0.2) is 0 Å². The maximum atomic E-state index is 12.2. The fourth-order valence-corrected chi connectivity index (χ4v) is 3.96. The summed E-state index contributed by atoms with van der Waals surface area (Å²) >= 11 is 0. The van der Waals surface area contributed by atoms with E-state index < -0.39 is 17.3 Å². The Labute approximate surface area is 117 Å². The first kappa shape index (κ1) is 13.8. The van der Waals surface area contributed by atoms with Crippen molar-refractivity contribution in [1.82, 2.24) is 0 Å². The fraction of sp³-hybridized carbons (Fsp3) is 0.733. The highest BCUT2D eigenvalue weighted by atomic mass is 16.6. The molecule has 1 saturated heterocycles. The number of fused-ring (bicyclic) bond motifs is 2. The number of ketones is 1. The summed E-state index contributed by atoms with van der Waals surface area (Å²) < 4.78 is 5.43. The lowest BCUT2D eigenvalue weighted by molar-refractivity contribution is -0.143. The smallest absolute Gasteiger partial charge is 0.309 e. The van der Waals surface area contributed by atoms with Crippen molar-refractivity contribution in [3.8, 4) is 0 Å². The van der Waals surface area contributed by atoms with Crippen LogP contribution in [0, 0.1) is 11.8 Å². The average Bonchev–Trinajstić information content (AvgIpc) is 2.66. The molecule has 20 heavy (non-hydrogen) atoms. The van der Waals surface area contributed by atoms with Gasteiger partial charge < -0.3 is 14.9 Å². The Morgan fingerprint density at radius 3 is 2.50 bits per heavy atom. The minimum absolute atomic E-state index is 0.0526. The van der Waals surface area contributed by atoms with Crippen molar-refractivity contribution in [3.63, 3.8) is 0 Å². The van der Waals surface area contributed by atoms with E-state index in [1.165, 1.54) is 0 Å². The van der Waals surface area contributed by atoms with E-state index >= 15 is 0 Å². The molecule has 1 heterocycles. The van der Waals surface area contributed by atoms with Gasteiger partial charge in [0, 0.05) is 23.5 Å². The molecule has 1 aliphatic heterocycles. The molecule has 2 N–H and O–H groups in total. The van der Waals surface area contributed by atoms with Gasteiger partial charge in [0.15, 0.2) is 5.78 Å². The molecule has 0 bridgehead atoms. The van der Waals surface area contributed by atoms with Crippen molar-refractivity contribution in [1.29, 1.82) is 0 Å². The number of rotatable bonds is 0. The normalized spacial score (nSPS) is 48.0. The van der Waals surface area contributed by atoms with Crippen LogP contribution in [0.3, 0.4) is 0 Å². The Bertz CT molecular complexity index is 528. The third-order valence-electron chi connectivity index (χ3n) is 5.07. The Hall–Kier alpha value is -1.20. The van der Waals surface area contributed by atoms with Gasteiger partial charge in [-0.15, -0.1) is 0 Å². The lowest BCUT2D eigenvalue weighted by Crippen LogP contribution is -2.34. The molecule has 0 aromatic rings. The fourth-order valence-electron chi connectivity index (χ4n) is 3.96. The lowest BCUT2D eigenvalue weighted by atomic mass is 9.82. The molecule has 0 radical (unpaired) electrons. The first-order chi connectivity index (χ1) is 9.15. The molecule has 0 aromatic heterocycles. The SMILES string of the molecule is CC1C(=O)OC2C3=C(C(=O)CC3(C)O)C(C)(O)CCC12. The van der Waals surface area contributed by atoms with E-state index in [-0.39, 0.29) is 35.6 Å². The highest BCUT2D eigenvalue weighted by molar-refractivity contribution is 6.02. The number of Topliss-reactive ketones (excluding diaryl/α,β-unsaturated/α-hetero) is 1. The number of hydrogen-bond acceptors (Lipinski definition) is 5. The second-order valence-corrected chi connectivity index (χ2v) is 6.79. The van der Waals surface area contributed by atoms with Crippen molar-refractivity contribution in [2.24, 2.45) is 11.8 Å². The van der Waals surface area contributed by atoms with Gasteiger partial charge in [0.05, 0.1) is 17.1 Å². The van der Waals surface area contributed by atoms with E-state index in [4.69, 9.17) is 4.74 Å². The maximum absolute atomic E-state index is 12.2. The third-order valence-corrected chi connectivity index (χ3v) is 5.07.